The second-order valence-electron chi connectivity index (χ2n) is 8.65. The Morgan fingerprint density at radius 3 is 2.36 bits per heavy atom. The highest BCUT2D eigenvalue weighted by molar-refractivity contribution is 5.96. The van der Waals surface area contributed by atoms with Gasteiger partial charge in [-0.1, -0.05) is 18.2 Å². The van der Waals surface area contributed by atoms with Crippen molar-refractivity contribution in [1.29, 1.82) is 0 Å². The van der Waals surface area contributed by atoms with Crippen molar-refractivity contribution in [3.8, 4) is 17.2 Å². The summed E-state index contributed by atoms with van der Waals surface area (Å²) in [6.45, 7) is 6.81. The average molecular weight is 448 g/mol. The molecule has 6 nitrogen and oxygen atoms in total. The maximum Gasteiger partial charge on any atom is 0.253 e. The Balaban J connectivity index is 1.37. The number of nitrogens with one attached hydrogen (secondary N) is 1. The first kappa shape index (κ1) is 22.9. The summed E-state index contributed by atoms with van der Waals surface area (Å²) in [6, 6.07) is 18.2. The molecule has 0 aliphatic carbocycles. The average Bonchev–Trinajstić information content (AvgIpc) is 3.14. The van der Waals surface area contributed by atoms with E-state index in [0.29, 0.717) is 0 Å². The van der Waals surface area contributed by atoms with Gasteiger partial charge in [-0.15, -0.1) is 0 Å². The summed E-state index contributed by atoms with van der Waals surface area (Å²) in [7, 11) is 3.37. The number of carbonyl (C=O) groups is 1. The predicted molar refractivity (Wildman–Crippen MR) is 131 cm³/mol. The first-order chi connectivity index (χ1) is 16.0. The van der Waals surface area contributed by atoms with Crippen LogP contribution in [0.4, 0.5) is 0 Å². The summed E-state index contributed by atoms with van der Waals surface area (Å²) in [5.74, 6) is 1.75. The summed E-state index contributed by atoms with van der Waals surface area (Å²) in [4.78, 5) is 15.5. The van der Waals surface area contributed by atoms with Gasteiger partial charge in [0, 0.05) is 48.3 Å². The maximum atomic E-state index is 13.1. The van der Waals surface area contributed by atoms with Crippen LogP contribution in [-0.2, 0) is 6.54 Å². The Bertz CT molecular complexity index is 1100. The quantitative estimate of drug-likeness (QED) is 0.579. The highest BCUT2D eigenvalue weighted by Gasteiger charge is 2.24. The fourth-order valence-electron chi connectivity index (χ4n) is 4.69. The molecule has 0 radical (unpaired) electrons. The highest BCUT2D eigenvalue weighted by atomic mass is 16.5. The van der Waals surface area contributed by atoms with Crippen LogP contribution in [0.2, 0.25) is 0 Å². The molecule has 0 atom stereocenters. The molecule has 1 saturated heterocycles. The van der Waals surface area contributed by atoms with Gasteiger partial charge in [0.15, 0.2) is 0 Å². The molecule has 33 heavy (non-hydrogen) atoms. The summed E-state index contributed by atoms with van der Waals surface area (Å²) < 4.78 is 12.9. The van der Waals surface area contributed by atoms with Crippen molar-refractivity contribution in [1.82, 2.24) is 14.8 Å². The lowest BCUT2D eigenvalue weighted by Gasteiger charge is -2.32. The van der Waals surface area contributed by atoms with E-state index in [-0.39, 0.29) is 11.9 Å². The highest BCUT2D eigenvalue weighted by Crippen LogP contribution is 2.24. The number of hydrogen-bond donors (Lipinski definition) is 1. The maximum absolute atomic E-state index is 13.1. The number of aromatic nitrogens is 1. The Morgan fingerprint density at radius 2 is 1.70 bits per heavy atom. The summed E-state index contributed by atoms with van der Waals surface area (Å²) >= 11 is 0. The number of ether oxygens (including phenoxy) is 2. The fourth-order valence-corrected chi connectivity index (χ4v) is 4.69. The molecule has 2 heterocycles. The van der Waals surface area contributed by atoms with Crippen LogP contribution < -0.4 is 14.8 Å². The van der Waals surface area contributed by atoms with E-state index in [4.69, 9.17) is 9.47 Å². The number of aryl methyl sites for hydroxylation is 1. The summed E-state index contributed by atoms with van der Waals surface area (Å²) in [6.07, 6.45) is 1.89. The van der Waals surface area contributed by atoms with E-state index in [1.54, 1.807) is 14.2 Å². The van der Waals surface area contributed by atoms with Crippen molar-refractivity contribution in [3.05, 3.63) is 77.1 Å². The van der Waals surface area contributed by atoms with Crippen LogP contribution in [0.3, 0.4) is 0 Å². The van der Waals surface area contributed by atoms with Gasteiger partial charge in [-0.25, -0.2) is 0 Å². The molecular weight excluding hydrogens is 414 g/mol. The molecule has 4 rings (SSSR count). The Labute approximate surface area is 196 Å². The van der Waals surface area contributed by atoms with Crippen LogP contribution in [0.15, 0.2) is 54.6 Å². The van der Waals surface area contributed by atoms with Crippen molar-refractivity contribution in [2.75, 3.05) is 27.3 Å². The molecule has 1 amide bonds. The fraction of sp³-hybridized carbons (Fsp3) is 0.370. The molecule has 1 N–H and O–H groups in total. The minimum Gasteiger partial charge on any atom is -0.497 e. The van der Waals surface area contributed by atoms with Crippen molar-refractivity contribution < 1.29 is 14.3 Å². The van der Waals surface area contributed by atoms with Crippen LogP contribution in [0.1, 0.15) is 40.2 Å². The number of benzene rings is 2. The molecule has 1 aliphatic rings. The molecule has 0 spiro atoms. The Hall–Kier alpha value is -3.25. The molecule has 0 saturated carbocycles. The molecule has 0 unspecified atom stereocenters. The van der Waals surface area contributed by atoms with Gasteiger partial charge in [-0.05, 0) is 63.1 Å². The number of likely N-dealkylation sites (tertiary alicyclic amines) is 1. The van der Waals surface area contributed by atoms with Gasteiger partial charge in [0.25, 0.3) is 5.91 Å². The lowest BCUT2D eigenvalue weighted by molar-refractivity contribution is 0.0908. The number of amides is 1. The third-order valence-electron chi connectivity index (χ3n) is 6.52. The van der Waals surface area contributed by atoms with Gasteiger partial charge in [0.1, 0.15) is 11.5 Å². The van der Waals surface area contributed by atoms with Crippen molar-refractivity contribution in [3.63, 3.8) is 0 Å². The van der Waals surface area contributed by atoms with Gasteiger partial charge in [-0.3, -0.25) is 9.69 Å². The van der Waals surface area contributed by atoms with Crippen LogP contribution >= 0.6 is 0 Å². The second-order valence-corrected chi connectivity index (χ2v) is 8.65. The van der Waals surface area contributed by atoms with E-state index in [0.717, 1.165) is 66.6 Å². The minimum absolute atomic E-state index is 0.00559. The largest absolute Gasteiger partial charge is 0.497 e. The van der Waals surface area contributed by atoms with E-state index < -0.39 is 0 Å². The zero-order chi connectivity index (χ0) is 23.4. The third kappa shape index (κ3) is 5.06. The molecular formula is C27H33N3O3. The minimum atomic E-state index is 0.00559. The molecule has 3 aromatic rings. The zero-order valence-corrected chi connectivity index (χ0v) is 19.9. The van der Waals surface area contributed by atoms with Crippen molar-refractivity contribution >= 4 is 5.91 Å². The normalized spacial score (nSPS) is 14.8. The number of piperidine rings is 1. The number of hydrogen-bond acceptors (Lipinski definition) is 4. The van der Waals surface area contributed by atoms with Crippen LogP contribution in [0.5, 0.6) is 11.5 Å². The molecule has 1 fully saturated rings. The first-order valence-corrected chi connectivity index (χ1v) is 11.5. The SMILES string of the molecule is COc1ccc(-n2c(C)cc(C(=O)NC3CCN(Cc4ccccc4OC)CC3)c2C)cc1. The Kier molecular flexibility index (Phi) is 7.04. The molecule has 1 aromatic heterocycles. The van der Waals surface area contributed by atoms with E-state index >= 15 is 0 Å². The second kappa shape index (κ2) is 10.1. The van der Waals surface area contributed by atoms with Gasteiger partial charge in [0.05, 0.1) is 19.8 Å². The topological polar surface area (TPSA) is 55.7 Å². The smallest absolute Gasteiger partial charge is 0.253 e. The standard InChI is InChI=1S/C27H33N3O3/c1-19-17-25(20(2)30(19)23-9-11-24(32-3)12-10-23)27(31)28-22-13-15-29(16-14-22)18-21-7-5-6-8-26(21)33-4/h5-12,17,22H,13-16,18H2,1-4H3,(H,28,31). The third-order valence-corrected chi connectivity index (χ3v) is 6.52. The molecule has 0 bridgehead atoms. The van der Waals surface area contributed by atoms with Crippen LogP contribution in [-0.4, -0.2) is 48.7 Å². The number of nitrogens with zero attached hydrogens (tertiary/aromatic N) is 2. The van der Waals surface area contributed by atoms with Crippen molar-refractivity contribution in [2.45, 2.75) is 39.3 Å². The monoisotopic (exact) mass is 447 g/mol. The number of para-hydroxylation sites is 1. The van der Waals surface area contributed by atoms with E-state index in [2.05, 4.69) is 20.9 Å². The number of rotatable bonds is 7. The molecule has 6 heteroatoms. The summed E-state index contributed by atoms with van der Waals surface area (Å²) in [5, 5.41) is 3.27. The van der Waals surface area contributed by atoms with Crippen LogP contribution in [0, 0.1) is 13.8 Å². The predicted octanol–water partition coefficient (Wildman–Crippen LogP) is 4.51. The van der Waals surface area contributed by atoms with E-state index in [9.17, 15) is 4.79 Å². The molecule has 2 aromatic carbocycles. The van der Waals surface area contributed by atoms with E-state index in [1.165, 1.54) is 5.56 Å². The molecule has 174 valence electrons. The van der Waals surface area contributed by atoms with Gasteiger partial charge < -0.3 is 19.4 Å². The van der Waals surface area contributed by atoms with Gasteiger partial charge >= 0.3 is 0 Å². The first-order valence-electron chi connectivity index (χ1n) is 11.5. The lowest BCUT2D eigenvalue weighted by Crippen LogP contribution is -2.44. The van der Waals surface area contributed by atoms with Gasteiger partial charge in [0.2, 0.25) is 0 Å². The molecule has 1 aliphatic heterocycles. The zero-order valence-electron chi connectivity index (χ0n) is 19.9. The number of carbonyl (C=O) groups excluding carboxylic acids is 1. The van der Waals surface area contributed by atoms with E-state index in [1.807, 2.05) is 62.4 Å². The Morgan fingerprint density at radius 1 is 1.00 bits per heavy atom. The number of methoxy groups -OCH3 is 2. The summed E-state index contributed by atoms with van der Waals surface area (Å²) in [5.41, 5.74) is 4.95. The van der Waals surface area contributed by atoms with Crippen molar-refractivity contribution in [2.24, 2.45) is 0 Å². The van der Waals surface area contributed by atoms with Crippen LogP contribution in [0.25, 0.3) is 5.69 Å². The van der Waals surface area contributed by atoms with Gasteiger partial charge in [-0.2, -0.15) is 0 Å². The lowest BCUT2D eigenvalue weighted by atomic mass is 10.0.